The van der Waals surface area contributed by atoms with Gasteiger partial charge in [0.05, 0.1) is 11.5 Å². The van der Waals surface area contributed by atoms with Crippen LogP contribution in [0.5, 0.6) is 0 Å². The van der Waals surface area contributed by atoms with Gasteiger partial charge in [-0.15, -0.1) is 0 Å². The van der Waals surface area contributed by atoms with E-state index in [4.69, 9.17) is 4.74 Å². The van der Waals surface area contributed by atoms with E-state index in [-0.39, 0.29) is 34.7 Å². The molecule has 160 valence electrons. The summed E-state index contributed by atoms with van der Waals surface area (Å²) in [5.74, 6) is 0.453. The Hall–Kier alpha value is -1.11. The standard InChI is InChI=1S/C21H35NO5S/c1-14-9-16(22(11-14)18(24)27-19(2,3)4)12-28(25,26)13-21-8-7-15(10-17(21)23)20(21,5)6/h14-16H,7-13H2,1-6H3/t14-,15?,16+,21-/m1/s1. The Bertz CT molecular complexity index is 766. The Morgan fingerprint density at radius 1 is 1.29 bits per heavy atom. The Morgan fingerprint density at radius 2 is 1.93 bits per heavy atom. The number of amides is 1. The van der Waals surface area contributed by atoms with Crippen LogP contribution in [0.3, 0.4) is 0 Å². The number of hydrogen-bond donors (Lipinski definition) is 0. The van der Waals surface area contributed by atoms with Crippen LogP contribution in [0, 0.1) is 22.7 Å². The van der Waals surface area contributed by atoms with Gasteiger partial charge in [-0.3, -0.25) is 4.79 Å². The lowest BCUT2D eigenvalue weighted by molar-refractivity contribution is -0.128. The van der Waals surface area contributed by atoms with Gasteiger partial charge in [0, 0.05) is 24.4 Å². The average molecular weight is 414 g/mol. The largest absolute Gasteiger partial charge is 0.444 e. The molecule has 0 aromatic carbocycles. The van der Waals surface area contributed by atoms with Gasteiger partial charge >= 0.3 is 6.09 Å². The van der Waals surface area contributed by atoms with E-state index >= 15 is 0 Å². The molecule has 2 saturated carbocycles. The van der Waals surface area contributed by atoms with Crippen LogP contribution < -0.4 is 0 Å². The maximum absolute atomic E-state index is 13.2. The van der Waals surface area contributed by atoms with Gasteiger partial charge in [0.15, 0.2) is 9.84 Å². The number of carbonyl (C=O) groups is 2. The first-order valence-corrected chi connectivity index (χ1v) is 12.2. The molecule has 7 heteroatoms. The molecule has 1 unspecified atom stereocenters. The zero-order valence-electron chi connectivity index (χ0n) is 18.1. The van der Waals surface area contributed by atoms with Gasteiger partial charge in [-0.05, 0) is 57.3 Å². The molecule has 0 aromatic heterocycles. The summed E-state index contributed by atoms with van der Waals surface area (Å²) in [5.41, 5.74) is -1.65. The van der Waals surface area contributed by atoms with Crippen LogP contribution in [0.15, 0.2) is 0 Å². The molecule has 1 heterocycles. The molecule has 4 atom stereocenters. The van der Waals surface area contributed by atoms with Gasteiger partial charge in [0.25, 0.3) is 0 Å². The van der Waals surface area contributed by atoms with Crippen LogP contribution in [0.2, 0.25) is 0 Å². The first-order valence-electron chi connectivity index (χ1n) is 10.4. The second-order valence-electron chi connectivity index (χ2n) is 10.8. The van der Waals surface area contributed by atoms with Gasteiger partial charge in [-0.2, -0.15) is 0 Å². The summed E-state index contributed by atoms with van der Waals surface area (Å²) >= 11 is 0. The fraction of sp³-hybridized carbons (Fsp3) is 0.905. The quantitative estimate of drug-likeness (QED) is 0.705. The number of carbonyl (C=O) groups excluding carboxylic acids is 2. The lowest BCUT2D eigenvalue weighted by Crippen LogP contribution is -2.46. The van der Waals surface area contributed by atoms with E-state index in [1.807, 2.05) is 6.92 Å². The number of hydrogen-bond acceptors (Lipinski definition) is 5. The van der Waals surface area contributed by atoms with Crippen molar-refractivity contribution in [1.29, 1.82) is 0 Å². The van der Waals surface area contributed by atoms with Crippen LogP contribution in [0.25, 0.3) is 0 Å². The normalized spacial score (nSPS) is 34.9. The second kappa shape index (κ2) is 6.71. The molecule has 3 fully saturated rings. The second-order valence-corrected chi connectivity index (χ2v) is 13.0. The average Bonchev–Trinajstić information content (AvgIpc) is 3.02. The van der Waals surface area contributed by atoms with Gasteiger partial charge in [-0.1, -0.05) is 20.8 Å². The van der Waals surface area contributed by atoms with Crippen molar-refractivity contribution < 1.29 is 22.7 Å². The summed E-state index contributed by atoms with van der Waals surface area (Å²) in [6, 6.07) is -0.386. The number of sulfone groups is 1. The third-order valence-corrected chi connectivity index (χ3v) is 9.13. The zero-order valence-corrected chi connectivity index (χ0v) is 18.9. The van der Waals surface area contributed by atoms with E-state index in [0.717, 1.165) is 6.42 Å². The molecule has 1 saturated heterocycles. The van der Waals surface area contributed by atoms with Gasteiger partial charge in [0.1, 0.15) is 11.4 Å². The monoisotopic (exact) mass is 413 g/mol. The molecule has 3 rings (SSSR count). The maximum Gasteiger partial charge on any atom is 0.410 e. The molecular formula is C21H35NO5S. The van der Waals surface area contributed by atoms with Crippen molar-refractivity contribution >= 4 is 21.7 Å². The van der Waals surface area contributed by atoms with Crippen LogP contribution in [0.4, 0.5) is 4.79 Å². The van der Waals surface area contributed by atoms with E-state index in [0.29, 0.717) is 31.7 Å². The predicted molar refractivity (Wildman–Crippen MR) is 108 cm³/mol. The van der Waals surface area contributed by atoms with E-state index in [1.54, 1.807) is 25.7 Å². The predicted octanol–water partition coefficient (Wildman–Crippen LogP) is 3.44. The highest BCUT2D eigenvalue weighted by molar-refractivity contribution is 7.91. The number of ketones is 1. The maximum atomic E-state index is 13.2. The van der Waals surface area contributed by atoms with Crippen LogP contribution in [0.1, 0.15) is 67.2 Å². The van der Waals surface area contributed by atoms with E-state index in [1.165, 1.54) is 0 Å². The first kappa shape index (κ1) is 21.6. The highest BCUT2D eigenvalue weighted by Gasteiger charge is 2.65. The lowest BCUT2D eigenvalue weighted by Gasteiger charge is -2.36. The van der Waals surface area contributed by atoms with Crippen molar-refractivity contribution in [2.24, 2.45) is 22.7 Å². The Morgan fingerprint density at radius 3 is 2.43 bits per heavy atom. The lowest BCUT2D eigenvalue weighted by atomic mass is 9.70. The molecule has 0 N–H and O–H groups in total. The zero-order chi connectivity index (χ0) is 21.1. The van der Waals surface area contributed by atoms with Crippen molar-refractivity contribution in [2.75, 3.05) is 18.1 Å². The van der Waals surface area contributed by atoms with Gasteiger partial charge in [0.2, 0.25) is 0 Å². The number of nitrogens with zero attached hydrogens (tertiary/aromatic N) is 1. The van der Waals surface area contributed by atoms with Crippen molar-refractivity contribution in [3.8, 4) is 0 Å². The Labute approximate surface area is 169 Å². The summed E-state index contributed by atoms with van der Waals surface area (Å²) in [4.78, 5) is 26.9. The fourth-order valence-corrected chi connectivity index (χ4v) is 8.14. The minimum atomic E-state index is -3.50. The third-order valence-electron chi connectivity index (χ3n) is 7.30. The minimum Gasteiger partial charge on any atom is -0.444 e. The summed E-state index contributed by atoms with van der Waals surface area (Å²) in [6.07, 6.45) is 2.30. The Balaban J connectivity index is 1.76. The number of fused-ring (bicyclic) bond motifs is 2. The third kappa shape index (κ3) is 3.71. The molecule has 28 heavy (non-hydrogen) atoms. The molecule has 1 amide bonds. The van der Waals surface area contributed by atoms with E-state index in [9.17, 15) is 18.0 Å². The number of rotatable bonds is 4. The fourth-order valence-electron chi connectivity index (χ4n) is 5.69. The summed E-state index contributed by atoms with van der Waals surface area (Å²) in [5, 5.41) is 0. The topological polar surface area (TPSA) is 80.8 Å². The van der Waals surface area contributed by atoms with Crippen molar-refractivity contribution in [3.05, 3.63) is 0 Å². The number of ether oxygens (including phenoxy) is 1. The molecule has 0 spiro atoms. The summed E-state index contributed by atoms with van der Waals surface area (Å²) in [6.45, 7) is 12.0. The van der Waals surface area contributed by atoms with Crippen molar-refractivity contribution in [2.45, 2.75) is 78.9 Å². The van der Waals surface area contributed by atoms with Gasteiger partial charge in [-0.25, -0.2) is 13.2 Å². The SMILES string of the molecule is C[C@@H]1C[C@@H](CS(=O)(=O)C[C@]23CCC(CC2=O)C3(C)C)N(C(=O)OC(C)(C)C)C1. The van der Waals surface area contributed by atoms with Crippen molar-refractivity contribution in [1.82, 2.24) is 4.90 Å². The summed E-state index contributed by atoms with van der Waals surface area (Å²) in [7, 11) is -3.50. The number of Topliss-reactive ketones (excluding diaryl/α,β-unsaturated/α-hetero) is 1. The van der Waals surface area contributed by atoms with E-state index in [2.05, 4.69) is 13.8 Å². The first-order chi connectivity index (χ1) is 12.7. The highest BCUT2D eigenvalue weighted by Crippen LogP contribution is 2.64. The molecule has 1 aliphatic heterocycles. The van der Waals surface area contributed by atoms with Crippen molar-refractivity contribution in [3.63, 3.8) is 0 Å². The van der Waals surface area contributed by atoms with E-state index < -0.39 is 26.9 Å². The molecule has 0 aromatic rings. The van der Waals surface area contributed by atoms with Crippen LogP contribution in [-0.2, 0) is 19.4 Å². The molecular weight excluding hydrogens is 378 g/mol. The molecule has 2 bridgehead atoms. The molecule has 2 aliphatic carbocycles. The van der Waals surface area contributed by atoms with Gasteiger partial charge < -0.3 is 9.64 Å². The number of likely N-dealkylation sites (tertiary alicyclic amines) is 1. The molecule has 3 aliphatic rings. The minimum absolute atomic E-state index is 0.0879. The Kier molecular flexibility index (Phi) is 5.18. The summed E-state index contributed by atoms with van der Waals surface area (Å²) < 4.78 is 31.9. The molecule has 0 radical (unpaired) electrons. The molecule has 6 nitrogen and oxygen atoms in total. The van der Waals surface area contributed by atoms with Crippen LogP contribution in [-0.4, -0.2) is 54.9 Å². The van der Waals surface area contributed by atoms with Crippen LogP contribution >= 0.6 is 0 Å². The smallest absolute Gasteiger partial charge is 0.410 e. The highest BCUT2D eigenvalue weighted by atomic mass is 32.2.